The standard InChI is InChI=1S/C21H25N5O3/c1-22-20-19(29-20)17-18(28)16(27)11-26(24-17)12-21(8-3-4-9-21)14-6-5-7-15-13(14)10-25(2)23-15/h5-7,10-11,19-20,22,27H,3-4,8-9,12H2,1-2H3. The van der Waals surface area contributed by atoms with Gasteiger partial charge in [0.15, 0.2) is 5.75 Å². The van der Waals surface area contributed by atoms with Crippen LogP contribution in [0.1, 0.15) is 43.0 Å². The van der Waals surface area contributed by atoms with Gasteiger partial charge in [-0.05, 0) is 31.5 Å². The van der Waals surface area contributed by atoms with Gasteiger partial charge in [-0.3, -0.25) is 19.5 Å². The van der Waals surface area contributed by atoms with Crippen molar-refractivity contribution in [2.24, 2.45) is 7.05 Å². The van der Waals surface area contributed by atoms with E-state index in [2.05, 4.69) is 33.8 Å². The first kappa shape index (κ1) is 18.3. The van der Waals surface area contributed by atoms with E-state index in [1.165, 1.54) is 11.8 Å². The van der Waals surface area contributed by atoms with E-state index in [-0.39, 0.29) is 23.1 Å². The average molecular weight is 395 g/mol. The van der Waals surface area contributed by atoms with E-state index in [0.717, 1.165) is 36.6 Å². The van der Waals surface area contributed by atoms with E-state index in [1.807, 2.05) is 17.8 Å². The summed E-state index contributed by atoms with van der Waals surface area (Å²) in [7, 11) is 3.71. The zero-order chi connectivity index (χ0) is 20.2. The fourth-order valence-electron chi connectivity index (χ4n) is 4.85. The molecule has 0 bridgehead atoms. The molecule has 1 saturated heterocycles. The second-order valence-corrected chi connectivity index (χ2v) is 8.22. The van der Waals surface area contributed by atoms with Crippen LogP contribution in [-0.4, -0.2) is 37.9 Å². The molecule has 8 nitrogen and oxygen atoms in total. The number of nitrogens with zero attached hydrogens (tertiary/aromatic N) is 4. The second kappa shape index (κ2) is 6.67. The quantitative estimate of drug-likeness (QED) is 0.641. The Labute approximate surface area is 168 Å². The molecule has 0 radical (unpaired) electrons. The molecule has 1 aromatic carbocycles. The van der Waals surface area contributed by atoms with Crippen LogP contribution >= 0.6 is 0 Å². The molecule has 8 heteroatoms. The van der Waals surface area contributed by atoms with E-state index >= 15 is 0 Å². The monoisotopic (exact) mass is 395 g/mol. The molecule has 2 N–H and O–H groups in total. The highest BCUT2D eigenvalue weighted by atomic mass is 16.6. The van der Waals surface area contributed by atoms with Gasteiger partial charge >= 0.3 is 0 Å². The van der Waals surface area contributed by atoms with Gasteiger partial charge in [0.25, 0.3) is 0 Å². The van der Waals surface area contributed by atoms with Crippen molar-refractivity contribution in [2.75, 3.05) is 7.05 Å². The molecule has 5 rings (SSSR count). The van der Waals surface area contributed by atoms with Crippen molar-refractivity contribution < 1.29 is 9.84 Å². The third-order valence-corrected chi connectivity index (χ3v) is 6.28. The molecule has 29 heavy (non-hydrogen) atoms. The van der Waals surface area contributed by atoms with E-state index in [1.54, 1.807) is 11.7 Å². The number of benzene rings is 1. The minimum absolute atomic E-state index is 0.110. The number of fused-ring (bicyclic) bond motifs is 1. The van der Waals surface area contributed by atoms with Gasteiger partial charge in [-0.25, -0.2) is 0 Å². The summed E-state index contributed by atoms with van der Waals surface area (Å²) in [5.74, 6) is -0.284. The Morgan fingerprint density at radius 1 is 1.28 bits per heavy atom. The molecule has 1 aliphatic heterocycles. The molecule has 2 aromatic heterocycles. The molecule has 3 heterocycles. The summed E-state index contributed by atoms with van der Waals surface area (Å²) in [5, 5.41) is 23.5. The number of aromatic nitrogens is 4. The lowest BCUT2D eigenvalue weighted by atomic mass is 9.77. The van der Waals surface area contributed by atoms with Crippen LogP contribution in [0.5, 0.6) is 5.75 Å². The maximum atomic E-state index is 12.4. The Kier molecular flexibility index (Phi) is 4.22. The van der Waals surface area contributed by atoms with Crippen molar-refractivity contribution in [2.45, 2.75) is 50.0 Å². The lowest BCUT2D eigenvalue weighted by Gasteiger charge is -2.31. The molecule has 2 atom stereocenters. The summed E-state index contributed by atoms with van der Waals surface area (Å²) >= 11 is 0. The first-order valence-corrected chi connectivity index (χ1v) is 10.1. The van der Waals surface area contributed by atoms with E-state index in [0.29, 0.717) is 6.54 Å². The molecule has 1 saturated carbocycles. The van der Waals surface area contributed by atoms with Crippen LogP contribution < -0.4 is 10.7 Å². The highest BCUT2D eigenvalue weighted by Crippen LogP contribution is 2.45. The molecule has 2 aliphatic rings. The fourth-order valence-corrected chi connectivity index (χ4v) is 4.85. The zero-order valence-corrected chi connectivity index (χ0v) is 16.6. The van der Waals surface area contributed by atoms with Gasteiger partial charge in [0.05, 0.1) is 18.3 Å². The third kappa shape index (κ3) is 3.03. The van der Waals surface area contributed by atoms with E-state index < -0.39 is 11.5 Å². The number of rotatable bonds is 5. The fraction of sp³-hybridized carbons (Fsp3) is 0.476. The van der Waals surface area contributed by atoms with Crippen molar-refractivity contribution in [1.82, 2.24) is 24.9 Å². The van der Waals surface area contributed by atoms with Crippen LogP contribution in [0.3, 0.4) is 0 Å². The summed E-state index contributed by atoms with van der Waals surface area (Å²) < 4.78 is 9.05. The molecule has 0 amide bonds. The molecular weight excluding hydrogens is 370 g/mol. The van der Waals surface area contributed by atoms with Crippen molar-refractivity contribution in [1.29, 1.82) is 0 Å². The predicted molar refractivity (Wildman–Crippen MR) is 108 cm³/mol. The Bertz CT molecular complexity index is 1130. The molecule has 0 spiro atoms. The minimum Gasteiger partial charge on any atom is -0.503 e. The number of aryl methyl sites for hydroxylation is 1. The zero-order valence-electron chi connectivity index (χ0n) is 16.6. The maximum Gasteiger partial charge on any atom is 0.247 e. The number of hydrogen-bond acceptors (Lipinski definition) is 6. The van der Waals surface area contributed by atoms with E-state index in [4.69, 9.17) is 4.74 Å². The maximum absolute atomic E-state index is 12.4. The summed E-state index contributed by atoms with van der Waals surface area (Å²) in [4.78, 5) is 12.4. The van der Waals surface area contributed by atoms with Gasteiger partial charge in [-0.15, -0.1) is 0 Å². The Hall–Kier alpha value is -2.71. The topological polar surface area (TPSA) is 97.5 Å². The van der Waals surface area contributed by atoms with Crippen LogP contribution in [0.2, 0.25) is 0 Å². The van der Waals surface area contributed by atoms with Crippen molar-refractivity contribution in [3.63, 3.8) is 0 Å². The number of epoxide rings is 1. The molecule has 152 valence electrons. The van der Waals surface area contributed by atoms with Gasteiger partial charge in [-0.2, -0.15) is 10.2 Å². The average Bonchev–Trinajstić information content (AvgIpc) is 3.15. The Morgan fingerprint density at radius 2 is 2.07 bits per heavy atom. The smallest absolute Gasteiger partial charge is 0.247 e. The molecular formula is C21H25N5O3. The SMILES string of the molecule is CNC1OC1c1nn(CC2(c3cccc4nn(C)cc34)CCCC2)cc(O)c1=O. The third-order valence-electron chi connectivity index (χ3n) is 6.28. The summed E-state index contributed by atoms with van der Waals surface area (Å²) in [5.41, 5.74) is 1.94. The number of likely N-dealkylation sites (N-methyl/N-ethyl adjacent to an activating group) is 1. The normalized spacial score (nSPS) is 23.0. The number of hydrogen-bond donors (Lipinski definition) is 2. The predicted octanol–water partition coefficient (Wildman–Crippen LogP) is 1.96. The molecule has 3 aromatic rings. The molecule has 1 aliphatic carbocycles. The van der Waals surface area contributed by atoms with Gasteiger partial charge < -0.3 is 9.84 Å². The highest BCUT2D eigenvalue weighted by Gasteiger charge is 2.43. The first-order chi connectivity index (χ1) is 14.0. The van der Waals surface area contributed by atoms with Gasteiger partial charge in [0.2, 0.25) is 5.43 Å². The first-order valence-electron chi connectivity index (χ1n) is 10.1. The summed E-state index contributed by atoms with van der Waals surface area (Å²) in [6.45, 7) is 0.596. The number of ether oxygens (including phenoxy) is 1. The minimum atomic E-state index is -0.459. The van der Waals surface area contributed by atoms with Gasteiger partial charge in [0.1, 0.15) is 18.0 Å². The van der Waals surface area contributed by atoms with Crippen LogP contribution in [0.4, 0.5) is 0 Å². The van der Waals surface area contributed by atoms with Gasteiger partial charge in [-0.1, -0.05) is 25.0 Å². The van der Waals surface area contributed by atoms with Crippen molar-refractivity contribution in [3.8, 4) is 5.75 Å². The van der Waals surface area contributed by atoms with Crippen LogP contribution in [0, 0.1) is 0 Å². The largest absolute Gasteiger partial charge is 0.503 e. The lowest BCUT2D eigenvalue weighted by molar-refractivity contribution is 0.329. The number of aromatic hydroxyl groups is 1. The van der Waals surface area contributed by atoms with Gasteiger partial charge in [0, 0.05) is 24.0 Å². The van der Waals surface area contributed by atoms with E-state index in [9.17, 15) is 9.90 Å². The number of nitrogens with one attached hydrogen (secondary N) is 1. The Morgan fingerprint density at radius 3 is 2.79 bits per heavy atom. The molecule has 2 unspecified atom stereocenters. The molecule has 2 fully saturated rings. The van der Waals surface area contributed by atoms with Crippen LogP contribution in [0.25, 0.3) is 10.9 Å². The second-order valence-electron chi connectivity index (χ2n) is 8.22. The highest BCUT2D eigenvalue weighted by molar-refractivity contribution is 5.83. The van der Waals surface area contributed by atoms with Crippen molar-refractivity contribution >= 4 is 10.9 Å². The Balaban J connectivity index is 1.57. The lowest BCUT2D eigenvalue weighted by Crippen LogP contribution is -2.31. The summed E-state index contributed by atoms with van der Waals surface area (Å²) in [6, 6.07) is 6.27. The van der Waals surface area contributed by atoms with Crippen LogP contribution in [-0.2, 0) is 23.7 Å². The van der Waals surface area contributed by atoms with Crippen molar-refractivity contribution in [3.05, 3.63) is 52.1 Å². The van der Waals surface area contributed by atoms with Crippen LogP contribution in [0.15, 0.2) is 35.4 Å². The summed E-state index contributed by atoms with van der Waals surface area (Å²) in [6.07, 6.45) is 7.23.